The first-order chi connectivity index (χ1) is 13.6. The Morgan fingerprint density at radius 1 is 1.04 bits per heavy atom. The molecule has 4 rings (SSSR count). The van der Waals surface area contributed by atoms with E-state index in [0.717, 1.165) is 41.6 Å². The average molecular weight is 374 g/mol. The summed E-state index contributed by atoms with van der Waals surface area (Å²) in [5.74, 6) is 0.621. The second kappa shape index (κ2) is 7.36. The van der Waals surface area contributed by atoms with Crippen molar-refractivity contribution in [2.75, 3.05) is 6.61 Å². The first-order valence-electron chi connectivity index (χ1n) is 10.0. The highest BCUT2D eigenvalue weighted by Gasteiger charge is 2.40. The number of hydrogen-bond acceptors (Lipinski definition) is 3. The third-order valence-corrected chi connectivity index (χ3v) is 6.21. The Morgan fingerprint density at radius 2 is 1.71 bits per heavy atom. The predicted octanol–water partition coefficient (Wildman–Crippen LogP) is 4.18. The van der Waals surface area contributed by atoms with Gasteiger partial charge in [0, 0.05) is 16.5 Å². The number of nitrogens with zero attached hydrogens (tertiary/aromatic N) is 2. The fourth-order valence-corrected chi connectivity index (χ4v) is 4.55. The minimum atomic E-state index is -0.222. The average Bonchev–Trinajstić information content (AvgIpc) is 2.75. The van der Waals surface area contributed by atoms with E-state index in [0.29, 0.717) is 5.82 Å². The van der Waals surface area contributed by atoms with E-state index < -0.39 is 0 Å². The molecule has 0 amide bonds. The summed E-state index contributed by atoms with van der Waals surface area (Å²) in [7, 11) is 0. The molecule has 0 unspecified atom stereocenters. The molecule has 1 N–H and O–H groups in total. The van der Waals surface area contributed by atoms with Crippen LogP contribution in [0.25, 0.3) is 22.6 Å². The molecule has 0 saturated carbocycles. The van der Waals surface area contributed by atoms with Gasteiger partial charge in [-0.25, -0.2) is 4.98 Å². The fourth-order valence-electron chi connectivity index (χ4n) is 4.55. The van der Waals surface area contributed by atoms with Crippen LogP contribution in [0.1, 0.15) is 37.8 Å². The van der Waals surface area contributed by atoms with E-state index in [4.69, 9.17) is 4.98 Å². The minimum absolute atomic E-state index is 0.0175. The summed E-state index contributed by atoms with van der Waals surface area (Å²) in [6, 6.07) is 18.1. The lowest BCUT2D eigenvalue weighted by Crippen LogP contribution is -2.41. The van der Waals surface area contributed by atoms with Crippen LogP contribution in [-0.4, -0.2) is 21.3 Å². The standard InChI is InChI=1S/C24H26N2O2/c1-3-24(4-2)16-18-12-8-9-13-19(18)21-20(24)23(28)26(14-15-27)22(25-21)17-10-6-5-7-11-17/h5-13,27H,3-4,14-16H2,1-2H3. The summed E-state index contributed by atoms with van der Waals surface area (Å²) in [6.07, 6.45) is 2.61. The van der Waals surface area contributed by atoms with Crippen molar-refractivity contribution in [1.82, 2.24) is 9.55 Å². The zero-order chi connectivity index (χ0) is 19.7. The summed E-state index contributed by atoms with van der Waals surface area (Å²) in [5, 5.41) is 9.63. The van der Waals surface area contributed by atoms with Crippen LogP contribution in [0.5, 0.6) is 0 Å². The molecule has 1 aliphatic carbocycles. The van der Waals surface area contributed by atoms with Crippen LogP contribution >= 0.6 is 0 Å². The van der Waals surface area contributed by atoms with E-state index in [1.165, 1.54) is 5.56 Å². The maximum atomic E-state index is 13.8. The van der Waals surface area contributed by atoms with Gasteiger partial charge in [0.25, 0.3) is 5.56 Å². The van der Waals surface area contributed by atoms with E-state index >= 15 is 0 Å². The molecule has 0 aliphatic heterocycles. The third-order valence-electron chi connectivity index (χ3n) is 6.21. The van der Waals surface area contributed by atoms with Crippen molar-refractivity contribution in [2.45, 2.75) is 45.1 Å². The highest BCUT2D eigenvalue weighted by molar-refractivity contribution is 5.73. The van der Waals surface area contributed by atoms with Crippen LogP contribution in [0, 0.1) is 0 Å². The van der Waals surface area contributed by atoms with Gasteiger partial charge in [0.15, 0.2) is 0 Å². The largest absolute Gasteiger partial charge is 0.395 e. The molecular formula is C24H26N2O2. The van der Waals surface area contributed by atoms with Crippen LogP contribution in [0.2, 0.25) is 0 Å². The molecule has 0 radical (unpaired) electrons. The van der Waals surface area contributed by atoms with Crippen LogP contribution in [0.3, 0.4) is 0 Å². The van der Waals surface area contributed by atoms with Gasteiger partial charge in [-0.15, -0.1) is 0 Å². The molecular weight excluding hydrogens is 348 g/mol. The lowest BCUT2D eigenvalue weighted by Gasteiger charge is -2.38. The van der Waals surface area contributed by atoms with Gasteiger partial charge in [0.1, 0.15) is 5.82 Å². The minimum Gasteiger partial charge on any atom is -0.395 e. The highest BCUT2D eigenvalue weighted by atomic mass is 16.3. The van der Waals surface area contributed by atoms with Crippen LogP contribution in [0.15, 0.2) is 59.4 Å². The molecule has 1 heterocycles. The third kappa shape index (κ3) is 2.80. The Bertz CT molecular complexity index is 1050. The van der Waals surface area contributed by atoms with E-state index in [1.54, 1.807) is 4.57 Å². The van der Waals surface area contributed by atoms with E-state index in [1.807, 2.05) is 36.4 Å². The number of hydrogen-bond donors (Lipinski definition) is 1. The number of rotatable bonds is 5. The lowest BCUT2D eigenvalue weighted by atomic mass is 9.66. The van der Waals surface area contributed by atoms with Crippen LogP contribution in [0.4, 0.5) is 0 Å². The van der Waals surface area contributed by atoms with E-state index in [2.05, 4.69) is 32.0 Å². The molecule has 144 valence electrons. The van der Waals surface area contributed by atoms with Gasteiger partial charge in [0.2, 0.25) is 0 Å². The molecule has 0 fully saturated rings. The number of aliphatic hydroxyl groups excluding tert-OH is 1. The summed E-state index contributed by atoms with van der Waals surface area (Å²) in [5.41, 5.74) is 4.58. The van der Waals surface area contributed by atoms with E-state index in [9.17, 15) is 9.90 Å². The number of aromatic nitrogens is 2. The molecule has 0 bridgehead atoms. The summed E-state index contributed by atoms with van der Waals surface area (Å²) in [4.78, 5) is 18.8. The van der Waals surface area contributed by atoms with Gasteiger partial charge < -0.3 is 5.11 Å². The van der Waals surface area contributed by atoms with Gasteiger partial charge in [-0.3, -0.25) is 9.36 Å². The van der Waals surface area contributed by atoms with Crippen LogP contribution in [-0.2, 0) is 18.4 Å². The topological polar surface area (TPSA) is 55.1 Å². The van der Waals surface area contributed by atoms with Crippen molar-refractivity contribution in [3.05, 3.63) is 76.1 Å². The maximum Gasteiger partial charge on any atom is 0.258 e. The lowest BCUT2D eigenvalue weighted by molar-refractivity contribution is 0.272. The predicted molar refractivity (Wildman–Crippen MR) is 112 cm³/mol. The Morgan fingerprint density at radius 3 is 2.39 bits per heavy atom. The van der Waals surface area contributed by atoms with Crippen molar-refractivity contribution in [3.63, 3.8) is 0 Å². The van der Waals surface area contributed by atoms with Crippen molar-refractivity contribution in [1.29, 1.82) is 0 Å². The first kappa shape index (κ1) is 18.6. The summed E-state index contributed by atoms with van der Waals surface area (Å²) < 4.78 is 1.65. The van der Waals surface area contributed by atoms with Gasteiger partial charge in [-0.2, -0.15) is 0 Å². The zero-order valence-electron chi connectivity index (χ0n) is 16.5. The Kier molecular flexibility index (Phi) is 4.90. The summed E-state index contributed by atoms with van der Waals surface area (Å²) in [6.45, 7) is 4.46. The number of aliphatic hydroxyl groups is 1. The normalized spacial score (nSPS) is 14.4. The Hall–Kier alpha value is -2.72. The SMILES string of the molecule is CCC1(CC)Cc2ccccc2-c2nc(-c3ccccc3)n(CCO)c(=O)c21. The molecule has 0 saturated heterocycles. The molecule has 2 aromatic carbocycles. The molecule has 1 aliphatic rings. The van der Waals surface area contributed by atoms with Crippen molar-refractivity contribution >= 4 is 0 Å². The quantitative estimate of drug-likeness (QED) is 0.729. The van der Waals surface area contributed by atoms with Gasteiger partial charge in [-0.1, -0.05) is 68.4 Å². The van der Waals surface area contributed by atoms with E-state index in [-0.39, 0.29) is 24.1 Å². The molecule has 4 nitrogen and oxygen atoms in total. The fraction of sp³-hybridized carbons (Fsp3) is 0.333. The van der Waals surface area contributed by atoms with Gasteiger partial charge in [-0.05, 0) is 24.8 Å². The second-order valence-corrected chi connectivity index (χ2v) is 7.53. The number of benzene rings is 2. The highest BCUT2D eigenvalue weighted by Crippen LogP contribution is 2.45. The first-order valence-corrected chi connectivity index (χ1v) is 10.0. The molecule has 4 heteroatoms. The molecule has 28 heavy (non-hydrogen) atoms. The zero-order valence-corrected chi connectivity index (χ0v) is 16.5. The van der Waals surface area contributed by atoms with Crippen molar-refractivity contribution < 1.29 is 5.11 Å². The van der Waals surface area contributed by atoms with Crippen molar-refractivity contribution in [3.8, 4) is 22.6 Å². The molecule has 3 aromatic rings. The van der Waals surface area contributed by atoms with Gasteiger partial charge in [0.05, 0.1) is 24.4 Å². The summed E-state index contributed by atoms with van der Waals surface area (Å²) >= 11 is 0. The smallest absolute Gasteiger partial charge is 0.258 e. The Balaban J connectivity index is 2.11. The number of fused-ring (bicyclic) bond motifs is 3. The van der Waals surface area contributed by atoms with Gasteiger partial charge >= 0.3 is 0 Å². The van der Waals surface area contributed by atoms with Crippen molar-refractivity contribution in [2.24, 2.45) is 0 Å². The Labute approximate surface area is 165 Å². The van der Waals surface area contributed by atoms with Crippen LogP contribution < -0.4 is 5.56 Å². The second-order valence-electron chi connectivity index (χ2n) is 7.53. The monoisotopic (exact) mass is 374 g/mol. The molecule has 1 aromatic heterocycles. The molecule has 0 spiro atoms. The maximum absolute atomic E-state index is 13.8. The molecule has 0 atom stereocenters.